The van der Waals surface area contributed by atoms with Gasteiger partial charge in [-0.25, -0.2) is 0 Å². The summed E-state index contributed by atoms with van der Waals surface area (Å²) in [6.45, 7) is 1.32. The maximum atomic E-state index is 12.9. The van der Waals surface area contributed by atoms with Gasteiger partial charge in [0.2, 0.25) is 5.96 Å². The van der Waals surface area contributed by atoms with Crippen LogP contribution in [0.15, 0.2) is 33.9 Å². The number of guanidine groups is 1. The molecule has 1 aliphatic heterocycles. The maximum absolute atomic E-state index is 12.9. The largest absolute Gasteiger partial charge is 0.573 e. The van der Waals surface area contributed by atoms with Crippen molar-refractivity contribution in [1.82, 2.24) is 10.1 Å². The number of likely N-dealkylation sites (tertiary alicyclic amines) is 1. The number of hydrogen-bond acceptors (Lipinski definition) is 6. The van der Waals surface area contributed by atoms with Crippen molar-refractivity contribution in [2.75, 3.05) is 13.1 Å². The first-order valence-corrected chi connectivity index (χ1v) is 10.0. The average Bonchev–Trinajstić information content (AvgIpc) is 3.51. The summed E-state index contributed by atoms with van der Waals surface area (Å²) in [5.74, 6) is 0.597. The lowest BCUT2D eigenvalue weighted by atomic mass is 10.0. The number of para-hydroxylation sites is 1. The summed E-state index contributed by atoms with van der Waals surface area (Å²) in [7, 11) is 0. The van der Waals surface area contributed by atoms with Crippen LogP contribution in [0.5, 0.6) is 5.75 Å². The van der Waals surface area contributed by atoms with Gasteiger partial charge in [0.05, 0.1) is 12.7 Å². The average molecular weight is 440 g/mol. The van der Waals surface area contributed by atoms with E-state index in [2.05, 4.69) is 15.0 Å². The minimum Gasteiger partial charge on any atom is -0.408 e. The number of benzene rings is 1. The van der Waals surface area contributed by atoms with Crippen LogP contribution in [0.4, 0.5) is 13.2 Å². The number of halogens is 3. The lowest BCUT2D eigenvalue weighted by molar-refractivity contribution is -0.274. The van der Waals surface area contributed by atoms with Crippen LogP contribution in [0.2, 0.25) is 0 Å². The molecule has 1 saturated carbocycles. The van der Waals surface area contributed by atoms with Crippen LogP contribution in [0.1, 0.15) is 42.9 Å². The Hall–Kier alpha value is -2.95. The molecule has 3 N–H and O–H groups in total. The van der Waals surface area contributed by atoms with E-state index in [1.54, 1.807) is 11.0 Å². The van der Waals surface area contributed by atoms with Crippen molar-refractivity contribution >= 4 is 5.96 Å². The fraction of sp³-hybridized carbons (Fsp3) is 0.500. The van der Waals surface area contributed by atoms with E-state index in [1.807, 2.05) is 0 Å². The molecule has 0 radical (unpaired) electrons. The third kappa shape index (κ3) is 5.04. The van der Waals surface area contributed by atoms with E-state index in [0.717, 1.165) is 12.8 Å². The van der Waals surface area contributed by atoms with E-state index in [1.165, 1.54) is 18.2 Å². The van der Waals surface area contributed by atoms with E-state index in [0.29, 0.717) is 42.9 Å². The zero-order valence-corrected chi connectivity index (χ0v) is 16.6. The van der Waals surface area contributed by atoms with Crippen molar-refractivity contribution in [1.29, 1.82) is 0 Å². The summed E-state index contributed by atoms with van der Waals surface area (Å²) >= 11 is 0. The van der Waals surface area contributed by atoms with Crippen molar-refractivity contribution in [3.05, 3.63) is 35.6 Å². The van der Waals surface area contributed by atoms with Gasteiger partial charge in [-0.15, -0.1) is 13.2 Å². The molecule has 2 aliphatic rings. The molecule has 31 heavy (non-hydrogen) atoms. The molecule has 8 nitrogen and oxygen atoms in total. The topological polar surface area (TPSA) is 106 Å². The molecule has 0 bridgehead atoms. The third-order valence-corrected chi connectivity index (χ3v) is 5.47. The van der Waals surface area contributed by atoms with Crippen molar-refractivity contribution < 1.29 is 32.4 Å². The molecule has 11 heteroatoms. The zero-order valence-electron chi connectivity index (χ0n) is 16.6. The Balaban J connectivity index is 1.52. The van der Waals surface area contributed by atoms with Crippen LogP contribution in [0.3, 0.4) is 0 Å². The van der Waals surface area contributed by atoms with Crippen molar-refractivity contribution in [3.63, 3.8) is 0 Å². The van der Waals surface area contributed by atoms with Crippen LogP contribution in [0, 0.1) is 0 Å². The second-order valence-electron chi connectivity index (χ2n) is 7.65. The number of hydrogen-bond donors (Lipinski definition) is 2. The molecule has 1 aromatic carbocycles. The molecule has 2 aromatic rings. The molecule has 0 spiro atoms. The fourth-order valence-corrected chi connectivity index (χ4v) is 3.73. The first-order chi connectivity index (χ1) is 14.9. The summed E-state index contributed by atoms with van der Waals surface area (Å²) in [4.78, 5) is 1.76. The molecule has 1 aliphatic carbocycles. The predicted molar refractivity (Wildman–Crippen MR) is 103 cm³/mol. The Bertz CT molecular complexity index is 935. The summed E-state index contributed by atoms with van der Waals surface area (Å²) in [5, 5.41) is 15.9. The van der Waals surface area contributed by atoms with Crippen LogP contribution >= 0.6 is 0 Å². The van der Waals surface area contributed by atoms with Gasteiger partial charge >= 0.3 is 6.36 Å². The molecule has 168 valence electrons. The Morgan fingerprint density at radius 2 is 1.94 bits per heavy atom. The third-order valence-electron chi connectivity index (χ3n) is 5.47. The lowest BCUT2D eigenvalue weighted by Gasteiger charge is -2.31. The number of ether oxygens (including phenoxy) is 2. The monoisotopic (exact) mass is 440 g/mol. The molecular formula is C20H23F3N4O4. The maximum Gasteiger partial charge on any atom is 0.573 e. The number of aromatic nitrogens is 1. The summed E-state index contributed by atoms with van der Waals surface area (Å²) in [5.41, 5.74) is 6.78. The second kappa shape index (κ2) is 8.66. The molecule has 0 amide bonds. The van der Waals surface area contributed by atoms with Crippen LogP contribution in [-0.2, 0) is 11.3 Å². The fourth-order valence-electron chi connectivity index (χ4n) is 3.73. The van der Waals surface area contributed by atoms with E-state index < -0.39 is 6.36 Å². The van der Waals surface area contributed by atoms with E-state index in [9.17, 15) is 13.2 Å². The van der Waals surface area contributed by atoms with Crippen molar-refractivity contribution in [2.24, 2.45) is 10.9 Å². The van der Waals surface area contributed by atoms with E-state index >= 15 is 0 Å². The number of nitrogens with zero attached hydrogens (tertiary/aromatic N) is 3. The van der Waals surface area contributed by atoms with Gasteiger partial charge in [-0.3, -0.25) is 0 Å². The molecule has 2 heterocycles. The van der Waals surface area contributed by atoms with Gasteiger partial charge in [-0.1, -0.05) is 22.4 Å². The van der Waals surface area contributed by atoms with Gasteiger partial charge in [0.15, 0.2) is 0 Å². The van der Waals surface area contributed by atoms with Crippen LogP contribution < -0.4 is 10.5 Å². The van der Waals surface area contributed by atoms with Crippen LogP contribution in [-0.4, -0.2) is 46.8 Å². The SMILES string of the molecule is N/C(=N\O)N1CCC(OCc2c(-c3ccccc3OC(F)(F)F)noc2C2CC2)CC1. The molecular weight excluding hydrogens is 417 g/mol. The van der Waals surface area contributed by atoms with Crippen molar-refractivity contribution in [2.45, 2.75) is 50.7 Å². The predicted octanol–water partition coefficient (Wildman–Crippen LogP) is 3.80. The van der Waals surface area contributed by atoms with Gasteiger partial charge < -0.3 is 29.8 Å². The molecule has 2 fully saturated rings. The highest BCUT2D eigenvalue weighted by Crippen LogP contribution is 2.45. The molecule has 1 aromatic heterocycles. The minimum atomic E-state index is -4.82. The Labute approximate surface area is 176 Å². The normalized spacial score (nSPS) is 18.4. The highest BCUT2D eigenvalue weighted by molar-refractivity contribution is 5.77. The number of alkyl halides is 3. The zero-order chi connectivity index (χ0) is 22.0. The van der Waals surface area contributed by atoms with Crippen molar-refractivity contribution in [3.8, 4) is 17.0 Å². The highest BCUT2D eigenvalue weighted by atomic mass is 19.4. The van der Waals surface area contributed by atoms with Gasteiger partial charge in [0, 0.05) is 30.1 Å². The Morgan fingerprint density at radius 1 is 1.23 bits per heavy atom. The quantitative estimate of drug-likeness (QED) is 0.305. The molecule has 4 rings (SSSR count). The van der Waals surface area contributed by atoms with Gasteiger partial charge in [-0.2, -0.15) is 0 Å². The molecule has 0 unspecified atom stereocenters. The number of piperidine rings is 1. The van der Waals surface area contributed by atoms with E-state index in [4.69, 9.17) is 20.2 Å². The Kier molecular flexibility index (Phi) is 5.94. The van der Waals surface area contributed by atoms with Gasteiger partial charge in [0.25, 0.3) is 0 Å². The standard InChI is InChI=1S/C20H23F3N4O4/c21-20(22,23)30-16-4-2-1-3-14(16)17-15(18(31-26-17)12-5-6-12)11-29-13-7-9-27(10-8-13)19(24)25-28/h1-4,12-13,28H,5-11H2,(H2,24,25). The minimum absolute atomic E-state index is 0.0667. The summed E-state index contributed by atoms with van der Waals surface area (Å²) in [6, 6.07) is 5.87. The second-order valence-corrected chi connectivity index (χ2v) is 7.65. The summed E-state index contributed by atoms with van der Waals surface area (Å²) in [6.07, 6.45) is -1.66. The number of rotatable bonds is 6. The summed E-state index contributed by atoms with van der Waals surface area (Å²) < 4.78 is 54.4. The van der Waals surface area contributed by atoms with E-state index in [-0.39, 0.29) is 35.9 Å². The van der Waals surface area contributed by atoms with Crippen LogP contribution in [0.25, 0.3) is 11.3 Å². The molecule has 1 saturated heterocycles. The van der Waals surface area contributed by atoms with Gasteiger partial charge in [0.1, 0.15) is 17.2 Å². The smallest absolute Gasteiger partial charge is 0.408 e. The highest BCUT2D eigenvalue weighted by Gasteiger charge is 2.36. The first-order valence-electron chi connectivity index (χ1n) is 10.0. The Morgan fingerprint density at radius 3 is 2.58 bits per heavy atom. The molecule has 0 atom stereocenters. The van der Waals surface area contributed by atoms with Gasteiger partial charge in [-0.05, 0) is 37.8 Å². The number of nitrogens with two attached hydrogens (primary N) is 1. The lowest BCUT2D eigenvalue weighted by Crippen LogP contribution is -2.44. The number of oxime groups is 1. The first kappa shape index (κ1) is 21.3.